The van der Waals surface area contributed by atoms with E-state index in [2.05, 4.69) is 10.1 Å². The summed E-state index contributed by atoms with van der Waals surface area (Å²) in [5.74, 6) is -1.04. The fourth-order valence-electron chi connectivity index (χ4n) is 1.86. The number of hydrogen-bond acceptors (Lipinski definition) is 4. The van der Waals surface area contributed by atoms with Gasteiger partial charge in [0.05, 0.1) is 5.56 Å². The number of rotatable bonds is 2. The van der Waals surface area contributed by atoms with Crippen LogP contribution < -0.4 is 0 Å². The van der Waals surface area contributed by atoms with E-state index in [0.717, 1.165) is 6.20 Å². The van der Waals surface area contributed by atoms with Crippen molar-refractivity contribution in [2.24, 2.45) is 5.10 Å². The van der Waals surface area contributed by atoms with Crippen LogP contribution in [0.15, 0.2) is 29.6 Å². The lowest BCUT2D eigenvalue weighted by Gasteiger charge is -2.32. The molecule has 0 saturated carbocycles. The Morgan fingerprint density at radius 3 is 2.75 bits per heavy atom. The Kier molecular flexibility index (Phi) is 3.51. The highest BCUT2D eigenvalue weighted by molar-refractivity contribution is 5.98. The average Bonchev–Trinajstić information content (AvgIpc) is 2.77. The molecule has 20 heavy (non-hydrogen) atoms. The molecule has 1 aromatic heterocycles. The average molecular weight is 287 g/mol. The van der Waals surface area contributed by atoms with E-state index in [4.69, 9.17) is 0 Å². The van der Waals surface area contributed by atoms with Crippen LogP contribution in [0.1, 0.15) is 30.1 Å². The van der Waals surface area contributed by atoms with E-state index < -0.39 is 24.2 Å². The maximum absolute atomic E-state index is 13.0. The molecule has 2 heterocycles. The predicted molar refractivity (Wildman–Crippen MR) is 63.8 cm³/mol. The standard InChI is InChI=1S/C12H12F3N3O2/c1-2-9-6-11(20,12(13,14)15)18(17-9)10(19)8-4-3-5-16-7-8/h3-5,7,20H,2,6H2,1H3/t11-/m1/s1. The Hall–Kier alpha value is -1.96. The number of halogens is 3. The van der Waals surface area contributed by atoms with Crippen LogP contribution in [0.2, 0.25) is 0 Å². The number of hydrazone groups is 1. The first-order valence-corrected chi connectivity index (χ1v) is 5.89. The molecule has 2 rings (SSSR count). The third kappa shape index (κ3) is 2.26. The molecule has 0 radical (unpaired) electrons. The monoisotopic (exact) mass is 287 g/mol. The van der Waals surface area contributed by atoms with Gasteiger partial charge >= 0.3 is 6.18 Å². The van der Waals surface area contributed by atoms with Gasteiger partial charge in [-0.15, -0.1) is 0 Å². The highest BCUT2D eigenvalue weighted by atomic mass is 19.4. The first-order valence-electron chi connectivity index (χ1n) is 5.89. The van der Waals surface area contributed by atoms with Gasteiger partial charge in [-0.05, 0) is 18.6 Å². The van der Waals surface area contributed by atoms with Crippen LogP contribution in [-0.4, -0.2) is 38.6 Å². The normalized spacial score (nSPS) is 22.9. The minimum Gasteiger partial charge on any atom is -0.362 e. The molecule has 0 unspecified atom stereocenters. The van der Waals surface area contributed by atoms with Gasteiger partial charge in [0.25, 0.3) is 11.6 Å². The molecule has 1 atom stereocenters. The molecule has 1 N–H and O–H groups in total. The van der Waals surface area contributed by atoms with Crippen molar-refractivity contribution in [3.63, 3.8) is 0 Å². The Labute approximate surface area is 112 Å². The molecular weight excluding hydrogens is 275 g/mol. The van der Waals surface area contributed by atoms with E-state index in [1.54, 1.807) is 6.92 Å². The van der Waals surface area contributed by atoms with Gasteiger partial charge in [-0.1, -0.05) is 6.92 Å². The number of amides is 1. The summed E-state index contributed by atoms with van der Waals surface area (Å²) < 4.78 is 39.1. The van der Waals surface area contributed by atoms with E-state index in [0.29, 0.717) is 0 Å². The quantitative estimate of drug-likeness (QED) is 0.904. The third-order valence-corrected chi connectivity index (χ3v) is 3.01. The Balaban J connectivity index is 2.41. The van der Waals surface area contributed by atoms with Gasteiger partial charge in [0.2, 0.25) is 0 Å². The largest absolute Gasteiger partial charge is 0.438 e. The smallest absolute Gasteiger partial charge is 0.362 e. The number of carbonyl (C=O) groups excluding carboxylic acids is 1. The molecule has 1 amide bonds. The topological polar surface area (TPSA) is 65.8 Å². The number of nitrogens with zero attached hydrogens (tertiary/aromatic N) is 3. The van der Waals surface area contributed by atoms with Gasteiger partial charge in [0, 0.05) is 24.5 Å². The number of carbonyl (C=O) groups is 1. The molecule has 108 valence electrons. The van der Waals surface area contributed by atoms with E-state index in [-0.39, 0.29) is 22.7 Å². The van der Waals surface area contributed by atoms with Crippen molar-refractivity contribution in [2.75, 3.05) is 0 Å². The first-order chi connectivity index (χ1) is 9.29. The number of hydrogen-bond donors (Lipinski definition) is 1. The summed E-state index contributed by atoms with van der Waals surface area (Å²) in [5.41, 5.74) is -3.26. The molecule has 8 heteroatoms. The highest BCUT2D eigenvalue weighted by Crippen LogP contribution is 2.41. The Morgan fingerprint density at radius 2 is 2.25 bits per heavy atom. The second-order valence-corrected chi connectivity index (χ2v) is 4.37. The maximum Gasteiger partial charge on any atom is 0.438 e. The summed E-state index contributed by atoms with van der Waals surface area (Å²) >= 11 is 0. The van der Waals surface area contributed by atoms with Crippen LogP contribution in [-0.2, 0) is 0 Å². The molecular formula is C12H12F3N3O2. The lowest BCUT2D eigenvalue weighted by molar-refractivity contribution is -0.297. The van der Waals surface area contributed by atoms with Gasteiger partial charge in [0.15, 0.2) is 0 Å². The van der Waals surface area contributed by atoms with Crippen LogP contribution in [0, 0.1) is 0 Å². The van der Waals surface area contributed by atoms with Crippen LogP contribution in [0.25, 0.3) is 0 Å². The van der Waals surface area contributed by atoms with Gasteiger partial charge in [-0.25, -0.2) is 0 Å². The SMILES string of the molecule is CCC1=NN(C(=O)c2cccnc2)[C@](O)(C(F)(F)F)C1. The van der Waals surface area contributed by atoms with Gasteiger partial charge in [-0.3, -0.25) is 9.78 Å². The van der Waals surface area contributed by atoms with Gasteiger partial charge < -0.3 is 5.11 Å². The van der Waals surface area contributed by atoms with Gasteiger partial charge in [0.1, 0.15) is 0 Å². The molecule has 0 aliphatic carbocycles. The van der Waals surface area contributed by atoms with Crippen molar-refractivity contribution in [3.8, 4) is 0 Å². The van der Waals surface area contributed by atoms with Crippen molar-refractivity contribution in [1.82, 2.24) is 9.99 Å². The molecule has 0 bridgehead atoms. The van der Waals surface area contributed by atoms with E-state index >= 15 is 0 Å². The Bertz CT molecular complexity index is 545. The minimum atomic E-state index is -4.99. The summed E-state index contributed by atoms with van der Waals surface area (Å²) in [6.07, 6.45) is -3.00. The van der Waals surface area contributed by atoms with Crippen LogP contribution in [0.5, 0.6) is 0 Å². The molecule has 1 aliphatic rings. The van der Waals surface area contributed by atoms with Crippen molar-refractivity contribution in [3.05, 3.63) is 30.1 Å². The molecule has 0 fully saturated rings. The number of pyridine rings is 1. The fourth-order valence-corrected chi connectivity index (χ4v) is 1.86. The number of aromatic nitrogens is 1. The number of alkyl halides is 3. The summed E-state index contributed by atoms with van der Waals surface area (Å²) in [7, 11) is 0. The van der Waals surface area contributed by atoms with Crippen LogP contribution >= 0.6 is 0 Å². The van der Waals surface area contributed by atoms with Crippen molar-refractivity contribution >= 4 is 11.6 Å². The summed E-state index contributed by atoms with van der Waals surface area (Å²) in [6.45, 7) is 1.60. The third-order valence-electron chi connectivity index (χ3n) is 3.01. The second kappa shape index (κ2) is 4.86. The van der Waals surface area contributed by atoms with Crippen LogP contribution in [0.3, 0.4) is 0 Å². The summed E-state index contributed by atoms with van der Waals surface area (Å²) in [5, 5.41) is 13.6. The van der Waals surface area contributed by atoms with E-state index in [1.807, 2.05) is 0 Å². The molecule has 0 saturated heterocycles. The molecule has 0 aromatic carbocycles. The molecule has 0 spiro atoms. The van der Waals surface area contributed by atoms with E-state index in [1.165, 1.54) is 18.3 Å². The van der Waals surface area contributed by atoms with Crippen molar-refractivity contribution in [2.45, 2.75) is 31.7 Å². The lowest BCUT2D eigenvalue weighted by atomic mass is 10.0. The fraction of sp³-hybridized carbons (Fsp3) is 0.417. The summed E-state index contributed by atoms with van der Waals surface area (Å²) in [4.78, 5) is 15.8. The predicted octanol–water partition coefficient (Wildman–Crippen LogP) is 1.94. The zero-order chi connectivity index (χ0) is 15.0. The van der Waals surface area contributed by atoms with Crippen molar-refractivity contribution < 1.29 is 23.1 Å². The lowest BCUT2D eigenvalue weighted by Crippen LogP contribution is -2.56. The highest BCUT2D eigenvalue weighted by Gasteiger charge is 2.63. The zero-order valence-corrected chi connectivity index (χ0v) is 10.6. The Morgan fingerprint density at radius 1 is 1.55 bits per heavy atom. The maximum atomic E-state index is 13.0. The first kappa shape index (κ1) is 14.4. The summed E-state index contributed by atoms with van der Waals surface area (Å²) in [6, 6.07) is 2.73. The zero-order valence-electron chi connectivity index (χ0n) is 10.6. The molecule has 1 aromatic rings. The van der Waals surface area contributed by atoms with Crippen LogP contribution in [0.4, 0.5) is 13.2 Å². The minimum absolute atomic E-state index is 0.0729. The molecule has 5 nitrogen and oxygen atoms in total. The second-order valence-electron chi connectivity index (χ2n) is 4.37. The van der Waals surface area contributed by atoms with Crippen molar-refractivity contribution in [1.29, 1.82) is 0 Å². The van der Waals surface area contributed by atoms with E-state index in [9.17, 15) is 23.1 Å². The van der Waals surface area contributed by atoms with Gasteiger partial charge in [-0.2, -0.15) is 23.3 Å². The number of aliphatic hydroxyl groups is 1. The molecule has 1 aliphatic heterocycles.